The molecule has 2 aromatic rings. The molecule has 2 aromatic carbocycles. The first-order valence-electron chi connectivity index (χ1n) is 7.48. The lowest BCUT2D eigenvalue weighted by molar-refractivity contribution is -0.165. The monoisotopic (exact) mass is 350 g/mol. The molecule has 6 nitrogen and oxygen atoms in total. The van der Waals surface area contributed by atoms with Gasteiger partial charge in [0, 0.05) is 0 Å². The van der Waals surface area contributed by atoms with Gasteiger partial charge >= 0.3 is 13.8 Å². The molecule has 0 saturated heterocycles. The lowest BCUT2D eigenvalue weighted by atomic mass is 10.1. The zero-order chi connectivity index (χ0) is 17.6. The summed E-state index contributed by atoms with van der Waals surface area (Å²) in [6.07, 6.45) is 1.90. The number of aryl methyl sites for hydroxylation is 2. The van der Waals surface area contributed by atoms with E-state index < -0.39 is 13.8 Å². The third kappa shape index (κ3) is 5.49. The normalized spacial score (nSPS) is 13.1. The Bertz CT molecular complexity index is 724. The molecule has 2 rings (SSSR count). The van der Waals surface area contributed by atoms with Crippen molar-refractivity contribution in [3.05, 3.63) is 65.2 Å². The number of carbonyl (C=O) groups excluding carboxylic acids is 1. The molecule has 0 spiro atoms. The summed E-state index contributed by atoms with van der Waals surface area (Å²) in [6.45, 7) is 3.93. The van der Waals surface area contributed by atoms with E-state index in [1.165, 1.54) is 12.1 Å². The van der Waals surface area contributed by atoms with E-state index in [-0.39, 0.29) is 11.3 Å². The van der Waals surface area contributed by atoms with Crippen LogP contribution in [0.2, 0.25) is 0 Å². The molecular formula is C17H19O6P. The van der Waals surface area contributed by atoms with E-state index in [4.69, 9.17) is 4.52 Å². The summed E-state index contributed by atoms with van der Waals surface area (Å²) >= 11 is 0. The van der Waals surface area contributed by atoms with E-state index in [0.29, 0.717) is 0 Å². The van der Waals surface area contributed by atoms with Crippen LogP contribution in [0.5, 0.6) is 5.75 Å². The van der Waals surface area contributed by atoms with Gasteiger partial charge in [-0.2, -0.15) is 0 Å². The molecule has 0 radical (unpaired) electrons. The van der Waals surface area contributed by atoms with Crippen molar-refractivity contribution in [1.29, 1.82) is 0 Å². The maximum atomic E-state index is 11.8. The van der Waals surface area contributed by atoms with Crippen LogP contribution in [-0.2, 0) is 20.5 Å². The fourth-order valence-electron chi connectivity index (χ4n) is 1.97. The standard InChI is InChI=1S/C17H19O6P/c1-3-4-14-7-9-15(10-8-14)17(18)21-23-24(19,20)22-16-11-5-13(2)6-12-16/h5-12H,3-4H2,1-2H3,(H,19,20). The van der Waals surface area contributed by atoms with Gasteiger partial charge in [-0.15, -0.1) is 0 Å². The molecule has 128 valence electrons. The van der Waals surface area contributed by atoms with Crippen LogP contribution in [0.25, 0.3) is 0 Å². The molecule has 0 aromatic heterocycles. The van der Waals surface area contributed by atoms with E-state index in [1.807, 2.05) is 6.92 Å². The summed E-state index contributed by atoms with van der Waals surface area (Å²) in [5.41, 5.74) is 2.27. The summed E-state index contributed by atoms with van der Waals surface area (Å²) in [5.74, 6) is -0.744. The van der Waals surface area contributed by atoms with Crippen LogP contribution in [0.15, 0.2) is 48.5 Å². The van der Waals surface area contributed by atoms with Gasteiger partial charge in [-0.1, -0.05) is 47.8 Å². The summed E-state index contributed by atoms with van der Waals surface area (Å²) in [7, 11) is -4.57. The minimum Gasteiger partial charge on any atom is -0.402 e. The molecule has 0 aliphatic heterocycles. The molecule has 0 aliphatic rings. The van der Waals surface area contributed by atoms with Crippen LogP contribution in [0.4, 0.5) is 0 Å². The average Bonchev–Trinajstić information content (AvgIpc) is 2.56. The molecule has 0 fully saturated rings. The van der Waals surface area contributed by atoms with Gasteiger partial charge in [0.15, 0.2) is 0 Å². The van der Waals surface area contributed by atoms with Gasteiger partial charge in [0.1, 0.15) is 5.75 Å². The Morgan fingerprint density at radius 1 is 1.08 bits per heavy atom. The highest BCUT2D eigenvalue weighted by Gasteiger charge is 2.27. The van der Waals surface area contributed by atoms with Gasteiger partial charge in [-0.05, 0) is 43.2 Å². The van der Waals surface area contributed by atoms with Crippen molar-refractivity contribution in [2.45, 2.75) is 26.7 Å². The first-order valence-corrected chi connectivity index (χ1v) is 8.98. The van der Waals surface area contributed by atoms with Gasteiger partial charge < -0.3 is 4.52 Å². The predicted octanol–water partition coefficient (Wildman–Crippen LogP) is 4.22. The SMILES string of the molecule is CCCc1ccc(C(=O)OOP(=O)(O)Oc2ccc(C)cc2)cc1. The van der Waals surface area contributed by atoms with E-state index >= 15 is 0 Å². The smallest absolute Gasteiger partial charge is 0.402 e. The molecule has 0 saturated carbocycles. The molecule has 0 amide bonds. The van der Waals surface area contributed by atoms with Gasteiger partial charge in [-0.3, -0.25) is 9.78 Å². The fourth-order valence-corrected chi connectivity index (χ4v) is 2.55. The Morgan fingerprint density at radius 3 is 2.29 bits per heavy atom. The molecule has 7 heteroatoms. The number of phosphoric ester groups is 1. The number of hydrogen-bond acceptors (Lipinski definition) is 5. The summed E-state index contributed by atoms with van der Waals surface area (Å²) in [5, 5.41) is 0. The molecule has 0 aliphatic carbocycles. The number of carbonyl (C=O) groups is 1. The first-order chi connectivity index (χ1) is 11.4. The predicted molar refractivity (Wildman–Crippen MR) is 88.6 cm³/mol. The lowest BCUT2D eigenvalue weighted by Gasteiger charge is -2.11. The van der Waals surface area contributed by atoms with Crippen LogP contribution >= 0.6 is 7.82 Å². The van der Waals surface area contributed by atoms with Gasteiger partial charge in [0.25, 0.3) is 0 Å². The second kappa shape index (κ2) is 8.11. The van der Waals surface area contributed by atoms with Gasteiger partial charge in [-0.25, -0.2) is 9.36 Å². The van der Waals surface area contributed by atoms with Crippen molar-refractivity contribution in [2.75, 3.05) is 0 Å². The fraction of sp³-hybridized carbons (Fsp3) is 0.235. The highest BCUT2D eigenvalue weighted by molar-refractivity contribution is 7.47. The minimum atomic E-state index is -4.57. The third-order valence-electron chi connectivity index (χ3n) is 3.18. The summed E-state index contributed by atoms with van der Waals surface area (Å²) in [4.78, 5) is 25.8. The van der Waals surface area contributed by atoms with Gasteiger partial charge in [0.05, 0.1) is 5.56 Å². The molecule has 0 heterocycles. The molecule has 0 bridgehead atoms. The van der Waals surface area contributed by atoms with E-state index in [2.05, 4.69) is 16.5 Å². The second-order valence-corrected chi connectivity index (χ2v) is 6.53. The van der Waals surface area contributed by atoms with Crippen LogP contribution in [0, 0.1) is 6.92 Å². The quantitative estimate of drug-likeness (QED) is 0.457. The number of benzene rings is 2. The van der Waals surface area contributed by atoms with E-state index in [9.17, 15) is 14.3 Å². The average molecular weight is 350 g/mol. The van der Waals surface area contributed by atoms with Gasteiger partial charge in [0.2, 0.25) is 0 Å². The largest absolute Gasteiger partial charge is 0.564 e. The third-order valence-corrected chi connectivity index (χ3v) is 3.88. The zero-order valence-electron chi connectivity index (χ0n) is 13.5. The zero-order valence-corrected chi connectivity index (χ0v) is 14.4. The Kier molecular flexibility index (Phi) is 6.15. The van der Waals surface area contributed by atoms with Crippen LogP contribution < -0.4 is 4.52 Å². The highest BCUT2D eigenvalue weighted by Crippen LogP contribution is 2.44. The Morgan fingerprint density at radius 2 is 1.71 bits per heavy atom. The maximum Gasteiger partial charge on any atom is 0.564 e. The van der Waals surface area contributed by atoms with Crippen LogP contribution in [0.1, 0.15) is 34.8 Å². The second-order valence-electron chi connectivity index (χ2n) is 5.27. The summed E-state index contributed by atoms with van der Waals surface area (Å²) in [6, 6.07) is 13.2. The highest BCUT2D eigenvalue weighted by atomic mass is 31.2. The Balaban J connectivity index is 1.91. The first kappa shape index (κ1) is 18.2. The molecule has 1 atom stereocenters. The maximum absolute atomic E-state index is 11.8. The number of hydrogen-bond donors (Lipinski definition) is 1. The Labute approximate surface area is 140 Å². The lowest BCUT2D eigenvalue weighted by Crippen LogP contribution is -2.07. The van der Waals surface area contributed by atoms with Crippen LogP contribution in [-0.4, -0.2) is 10.9 Å². The minimum absolute atomic E-state index is 0.131. The van der Waals surface area contributed by atoms with Crippen LogP contribution in [0.3, 0.4) is 0 Å². The molecular weight excluding hydrogens is 331 g/mol. The van der Waals surface area contributed by atoms with Crippen molar-refractivity contribution >= 4 is 13.8 Å². The number of phosphoric acid groups is 1. The molecule has 24 heavy (non-hydrogen) atoms. The van der Waals surface area contributed by atoms with E-state index in [0.717, 1.165) is 24.0 Å². The van der Waals surface area contributed by atoms with Crippen molar-refractivity contribution in [2.24, 2.45) is 0 Å². The number of rotatable bonds is 7. The molecule has 1 unspecified atom stereocenters. The van der Waals surface area contributed by atoms with E-state index in [1.54, 1.807) is 36.4 Å². The Hall–Kier alpha value is -2.14. The van der Waals surface area contributed by atoms with Crippen molar-refractivity contribution in [3.8, 4) is 5.75 Å². The van der Waals surface area contributed by atoms with Crippen molar-refractivity contribution in [1.82, 2.24) is 0 Å². The van der Waals surface area contributed by atoms with Crippen molar-refractivity contribution in [3.63, 3.8) is 0 Å². The van der Waals surface area contributed by atoms with Crippen molar-refractivity contribution < 1.29 is 28.3 Å². The summed E-state index contributed by atoms with van der Waals surface area (Å²) < 4.78 is 20.9. The molecule has 1 N–H and O–H groups in total. The topological polar surface area (TPSA) is 82.1 Å².